The number of benzene rings is 2. The molecule has 26 heavy (non-hydrogen) atoms. The zero-order chi connectivity index (χ0) is 19.1. The summed E-state index contributed by atoms with van der Waals surface area (Å²) in [6.45, 7) is 0.908. The molecule has 0 saturated heterocycles. The summed E-state index contributed by atoms with van der Waals surface area (Å²) in [7, 11) is 0. The van der Waals surface area contributed by atoms with Crippen LogP contribution in [-0.4, -0.2) is 30.4 Å². The number of rotatable bonds is 6. The number of amides is 2. The Morgan fingerprint density at radius 1 is 1.08 bits per heavy atom. The van der Waals surface area contributed by atoms with E-state index in [0.29, 0.717) is 16.3 Å². The van der Waals surface area contributed by atoms with Crippen molar-refractivity contribution in [2.75, 3.05) is 11.9 Å². The average molecular weight is 379 g/mol. The molecule has 2 N–H and O–H groups in total. The van der Waals surface area contributed by atoms with Crippen molar-refractivity contribution in [1.82, 2.24) is 5.32 Å². The van der Waals surface area contributed by atoms with E-state index in [1.54, 1.807) is 12.1 Å². The zero-order valence-corrected chi connectivity index (χ0v) is 14.5. The standard InChI is InChI=1S/C18H16ClFN2O4/c1-11(21-17(24)12-2-4-13(19)5-3-12)18(25)26-10-16(23)22-15-8-6-14(20)7-9-15/h2-9,11H,10H2,1H3,(H,21,24)(H,22,23)/t11-/m0/s1. The number of halogens is 2. The number of carbonyl (C=O) groups is 3. The van der Waals surface area contributed by atoms with Gasteiger partial charge in [-0.2, -0.15) is 0 Å². The largest absolute Gasteiger partial charge is 0.454 e. The highest BCUT2D eigenvalue weighted by molar-refractivity contribution is 6.30. The number of hydrogen-bond donors (Lipinski definition) is 2. The van der Waals surface area contributed by atoms with E-state index in [9.17, 15) is 18.8 Å². The van der Waals surface area contributed by atoms with Crippen molar-refractivity contribution in [2.24, 2.45) is 0 Å². The summed E-state index contributed by atoms with van der Waals surface area (Å²) < 4.78 is 17.6. The number of nitrogens with one attached hydrogen (secondary N) is 2. The van der Waals surface area contributed by atoms with E-state index in [4.69, 9.17) is 16.3 Å². The molecule has 1 atom stereocenters. The van der Waals surface area contributed by atoms with Crippen molar-refractivity contribution in [2.45, 2.75) is 13.0 Å². The third kappa shape index (κ3) is 5.86. The van der Waals surface area contributed by atoms with Crippen molar-refractivity contribution in [1.29, 1.82) is 0 Å². The van der Waals surface area contributed by atoms with Crippen LogP contribution in [0.5, 0.6) is 0 Å². The summed E-state index contributed by atoms with van der Waals surface area (Å²) in [5.41, 5.74) is 0.708. The van der Waals surface area contributed by atoms with Crippen LogP contribution >= 0.6 is 11.6 Å². The minimum atomic E-state index is -0.947. The highest BCUT2D eigenvalue weighted by Gasteiger charge is 2.19. The lowest BCUT2D eigenvalue weighted by Gasteiger charge is -2.13. The highest BCUT2D eigenvalue weighted by atomic mass is 35.5. The molecule has 0 radical (unpaired) electrons. The van der Waals surface area contributed by atoms with E-state index in [1.807, 2.05) is 0 Å². The molecule has 0 heterocycles. The van der Waals surface area contributed by atoms with Gasteiger partial charge < -0.3 is 15.4 Å². The Labute approximate surface area is 154 Å². The summed E-state index contributed by atoms with van der Waals surface area (Å²) in [4.78, 5) is 35.6. The summed E-state index contributed by atoms with van der Waals surface area (Å²) in [6.07, 6.45) is 0. The van der Waals surface area contributed by atoms with Crippen LogP contribution in [0, 0.1) is 5.82 Å². The highest BCUT2D eigenvalue weighted by Crippen LogP contribution is 2.10. The molecule has 0 unspecified atom stereocenters. The van der Waals surface area contributed by atoms with Crippen molar-refractivity contribution < 1.29 is 23.5 Å². The quantitative estimate of drug-likeness (QED) is 0.757. The molecule has 0 aliphatic rings. The van der Waals surface area contributed by atoms with Gasteiger partial charge in [-0.15, -0.1) is 0 Å². The second kappa shape index (κ2) is 8.96. The number of anilines is 1. The van der Waals surface area contributed by atoms with Gasteiger partial charge in [-0.25, -0.2) is 9.18 Å². The van der Waals surface area contributed by atoms with Gasteiger partial charge in [0.1, 0.15) is 11.9 Å². The first kappa shape index (κ1) is 19.4. The smallest absolute Gasteiger partial charge is 0.328 e. The predicted molar refractivity (Wildman–Crippen MR) is 94.4 cm³/mol. The van der Waals surface area contributed by atoms with Gasteiger partial charge in [-0.1, -0.05) is 11.6 Å². The zero-order valence-electron chi connectivity index (χ0n) is 13.8. The van der Waals surface area contributed by atoms with Crippen molar-refractivity contribution in [3.05, 3.63) is 64.9 Å². The Hall–Kier alpha value is -2.93. The SMILES string of the molecule is C[C@H](NC(=O)c1ccc(Cl)cc1)C(=O)OCC(=O)Nc1ccc(F)cc1. The van der Waals surface area contributed by atoms with Crippen molar-refractivity contribution >= 4 is 35.1 Å². The fourth-order valence-electron chi connectivity index (χ4n) is 1.93. The molecule has 0 spiro atoms. The van der Waals surface area contributed by atoms with Gasteiger partial charge in [-0.05, 0) is 55.5 Å². The summed E-state index contributed by atoms with van der Waals surface area (Å²) in [5, 5.41) is 5.40. The van der Waals surface area contributed by atoms with Crippen molar-refractivity contribution in [3.63, 3.8) is 0 Å². The minimum absolute atomic E-state index is 0.336. The molecule has 136 valence electrons. The van der Waals surface area contributed by atoms with Crippen LogP contribution in [0.1, 0.15) is 17.3 Å². The second-order valence-corrected chi connectivity index (χ2v) is 5.80. The Kier molecular flexibility index (Phi) is 6.68. The maximum absolute atomic E-state index is 12.8. The molecule has 0 saturated carbocycles. The molecule has 2 rings (SSSR count). The molecule has 0 aromatic heterocycles. The van der Waals surface area contributed by atoms with Gasteiger partial charge in [0.05, 0.1) is 0 Å². The topological polar surface area (TPSA) is 84.5 Å². The Balaban J connectivity index is 1.79. The molecule has 0 aliphatic carbocycles. The monoisotopic (exact) mass is 378 g/mol. The van der Waals surface area contributed by atoms with Gasteiger partial charge >= 0.3 is 5.97 Å². The third-order valence-electron chi connectivity index (χ3n) is 3.28. The lowest BCUT2D eigenvalue weighted by atomic mass is 10.2. The summed E-state index contributed by atoms with van der Waals surface area (Å²) in [6, 6.07) is 10.3. The Morgan fingerprint density at radius 3 is 2.31 bits per heavy atom. The van der Waals surface area contributed by atoms with Crippen LogP contribution in [-0.2, 0) is 14.3 Å². The first-order valence-electron chi connectivity index (χ1n) is 7.63. The Morgan fingerprint density at radius 2 is 1.69 bits per heavy atom. The lowest BCUT2D eigenvalue weighted by Crippen LogP contribution is -2.40. The molecular weight excluding hydrogens is 363 g/mol. The van der Waals surface area contributed by atoms with Gasteiger partial charge in [-0.3, -0.25) is 9.59 Å². The molecule has 0 bridgehead atoms. The van der Waals surface area contributed by atoms with Crippen LogP contribution in [0.2, 0.25) is 5.02 Å². The molecule has 0 fully saturated rings. The van der Waals surface area contributed by atoms with E-state index < -0.39 is 36.2 Å². The molecule has 2 aromatic carbocycles. The number of hydrogen-bond acceptors (Lipinski definition) is 4. The maximum Gasteiger partial charge on any atom is 0.328 e. The summed E-state index contributed by atoms with van der Waals surface area (Å²) in [5.74, 6) is -2.25. The van der Waals surface area contributed by atoms with Gasteiger partial charge in [0, 0.05) is 16.3 Å². The summed E-state index contributed by atoms with van der Waals surface area (Å²) >= 11 is 5.75. The average Bonchev–Trinajstić information content (AvgIpc) is 2.62. The first-order chi connectivity index (χ1) is 12.3. The number of carbonyl (C=O) groups excluding carboxylic acids is 3. The van der Waals surface area contributed by atoms with Crippen LogP contribution < -0.4 is 10.6 Å². The normalized spacial score (nSPS) is 11.3. The van der Waals surface area contributed by atoms with E-state index >= 15 is 0 Å². The predicted octanol–water partition coefficient (Wildman–Crippen LogP) is 2.78. The van der Waals surface area contributed by atoms with E-state index in [2.05, 4.69) is 10.6 Å². The maximum atomic E-state index is 12.8. The second-order valence-electron chi connectivity index (χ2n) is 5.36. The molecule has 6 nitrogen and oxygen atoms in total. The number of ether oxygens (including phenoxy) is 1. The Bertz CT molecular complexity index is 794. The minimum Gasteiger partial charge on any atom is -0.454 e. The van der Waals surface area contributed by atoms with Crippen molar-refractivity contribution in [3.8, 4) is 0 Å². The van der Waals surface area contributed by atoms with Gasteiger partial charge in [0.2, 0.25) is 0 Å². The fourth-order valence-corrected chi connectivity index (χ4v) is 2.06. The third-order valence-corrected chi connectivity index (χ3v) is 3.53. The first-order valence-corrected chi connectivity index (χ1v) is 8.01. The molecule has 2 amide bonds. The van der Waals surface area contributed by atoms with Crippen LogP contribution in [0.3, 0.4) is 0 Å². The number of esters is 1. The van der Waals surface area contributed by atoms with Crippen LogP contribution in [0.25, 0.3) is 0 Å². The van der Waals surface area contributed by atoms with Gasteiger partial charge in [0.25, 0.3) is 11.8 Å². The van der Waals surface area contributed by atoms with Crippen LogP contribution in [0.15, 0.2) is 48.5 Å². The molecule has 8 heteroatoms. The van der Waals surface area contributed by atoms with Gasteiger partial charge in [0.15, 0.2) is 6.61 Å². The van der Waals surface area contributed by atoms with E-state index in [1.165, 1.54) is 43.3 Å². The van der Waals surface area contributed by atoms with E-state index in [0.717, 1.165) is 0 Å². The molecule has 2 aromatic rings. The van der Waals surface area contributed by atoms with Crippen LogP contribution in [0.4, 0.5) is 10.1 Å². The lowest BCUT2D eigenvalue weighted by molar-refractivity contribution is -0.148. The molecule has 0 aliphatic heterocycles. The van der Waals surface area contributed by atoms with E-state index in [-0.39, 0.29) is 0 Å². The fraction of sp³-hybridized carbons (Fsp3) is 0.167. The molecular formula is C18H16ClFN2O4.